The van der Waals surface area contributed by atoms with Crippen LogP contribution >= 0.6 is 22.7 Å². The maximum Gasteiger partial charge on any atom is 0.358 e. The van der Waals surface area contributed by atoms with E-state index >= 15 is 0 Å². The van der Waals surface area contributed by atoms with Crippen molar-refractivity contribution in [1.29, 1.82) is 0 Å². The smallest absolute Gasteiger partial charge is 0.358 e. The third-order valence-corrected chi connectivity index (χ3v) is 5.61. The maximum atomic E-state index is 12.3. The Hall–Kier alpha value is -3.32. The quantitative estimate of drug-likeness (QED) is 0.496. The van der Waals surface area contributed by atoms with Crippen molar-refractivity contribution < 1.29 is 33.4 Å². The van der Waals surface area contributed by atoms with Crippen molar-refractivity contribution in [2.45, 2.75) is 20.8 Å². The summed E-state index contributed by atoms with van der Waals surface area (Å²) in [5, 5.41) is 9.08. The molecule has 2 heterocycles. The number of rotatable bonds is 8. The summed E-state index contributed by atoms with van der Waals surface area (Å²) in [6.45, 7) is 3.96. The van der Waals surface area contributed by atoms with Crippen molar-refractivity contribution in [3.8, 4) is 0 Å². The standard InChI is InChI=1S/C18H20N4O7S2/c1-5-28-17(27)12-8(2)13(14(25)19-4)31-15(12)22-11(24)6-29-16(26)10-7-30-18(21-10)20-9(3)23/h7H,5-6H2,1-4H3,(H,19,25)(H,22,24)(H,20,21,23). The number of aromatic nitrogens is 1. The highest BCUT2D eigenvalue weighted by Crippen LogP contribution is 2.33. The molecule has 2 aromatic heterocycles. The minimum absolute atomic E-state index is 0.0598. The molecule has 3 amide bonds. The summed E-state index contributed by atoms with van der Waals surface area (Å²) in [7, 11) is 1.44. The number of amides is 3. The molecule has 0 atom stereocenters. The van der Waals surface area contributed by atoms with Crippen LogP contribution < -0.4 is 16.0 Å². The SMILES string of the molecule is CCOC(=O)c1c(NC(=O)COC(=O)c2csc(NC(C)=O)n2)sc(C(=O)NC)c1C. The summed E-state index contributed by atoms with van der Waals surface area (Å²) in [5.74, 6) is -3.03. The number of ether oxygens (including phenoxy) is 2. The van der Waals surface area contributed by atoms with Crippen LogP contribution in [0.25, 0.3) is 0 Å². The molecule has 31 heavy (non-hydrogen) atoms. The van der Waals surface area contributed by atoms with Crippen LogP contribution in [0.2, 0.25) is 0 Å². The molecular weight excluding hydrogens is 448 g/mol. The van der Waals surface area contributed by atoms with Gasteiger partial charge >= 0.3 is 11.9 Å². The number of hydrogen-bond donors (Lipinski definition) is 3. The fraction of sp³-hybridized carbons (Fsp3) is 0.333. The Kier molecular flexibility index (Phi) is 8.22. The van der Waals surface area contributed by atoms with E-state index in [1.807, 2.05) is 0 Å². The Morgan fingerprint density at radius 3 is 2.42 bits per heavy atom. The van der Waals surface area contributed by atoms with Gasteiger partial charge in [-0.3, -0.25) is 14.4 Å². The van der Waals surface area contributed by atoms with Crippen molar-refractivity contribution in [3.05, 3.63) is 27.1 Å². The number of hydrogen-bond acceptors (Lipinski definition) is 10. The van der Waals surface area contributed by atoms with Gasteiger partial charge in [-0.05, 0) is 19.4 Å². The molecule has 0 spiro atoms. The van der Waals surface area contributed by atoms with Gasteiger partial charge in [0.25, 0.3) is 11.8 Å². The maximum absolute atomic E-state index is 12.3. The van der Waals surface area contributed by atoms with Crippen molar-refractivity contribution in [2.24, 2.45) is 0 Å². The van der Waals surface area contributed by atoms with Gasteiger partial charge in [-0.25, -0.2) is 14.6 Å². The number of nitrogens with one attached hydrogen (secondary N) is 3. The van der Waals surface area contributed by atoms with Gasteiger partial charge in [-0.1, -0.05) is 0 Å². The van der Waals surface area contributed by atoms with Crippen LogP contribution in [-0.2, 0) is 19.1 Å². The lowest BCUT2D eigenvalue weighted by atomic mass is 10.1. The Bertz CT molecular complexity index is 1030. The molecule has 0 saturated heterocycles. The lowest BCUT2D eigenvalue weighted by Crippen LogP contribution is -2.22. The zero-order chi connectivity index (χ0) is 23.1. The van der Waals surface area contributed by atoms with Crippen molar-refractivity contribution in [3.63, 3.8) is 0 Å². The van der Waals surface area contributed by atoms with Crippen LogP contribution in [0.1, 0.15) is 49.9 Å². The van der Waals surface area contributed by atoms with E-state index in [0.29, 0.717) is 5.56 Å². The zero-order valence-electron chi connectivity index (χ0n) is 17.1. The molecule has 3 N–H and O–H groups in total. The zero-order valence-corrected chi connectivity index (χ0v) is 18.7. The fourth-order valence-electron chi connectivity index (χ4n) is 2.32. The van der Waals surface area contributed by atoms with Crippen molar-refractivity contribution >= 4 is 62.5 Å². The molecule has 0 aliphatic carbocycles. The molecule has 2 aromatic rings. The Balaban J connectivity index is 2.09. The predicted octanol–water partition coefficient (Wildman–Crippen LogP) is 1.80. The average Bonchev–Trinajstić information content (AvgIpc) is 3.29. The van der Waals surface area contributed by atoms with Gasteiger partial charge in [-0.15, -0.1) is 22.7 Å². The van der Waals surface area contributed by atoms with E-state index in [-0.39, 0.29) is 38.8 Å². The molecule has 0 aliphatic rings. The second-order valence-corrected chi connectivity index (χ2v) is 7.78. The first-order valence-electron chi connectivity index (χ1n) is 8.90. The number of esters is 2. The second kappa shape index (κ2) is 10.6. The predicted molar refractivity (Wildman–Crippen MR) is 114 cm³/mol. The van der Waals surface area contributed by atoms with Gasteiger partial charge in [0.05, 0.1) is 17.0 Å². The fourth-order valence-corrected chi connectivity index (χ4v) is 4.21. The first kappa shape index (κ1) is 24.0. The van der Waals surface area contributed by atoms with Crippen LogP contribution in [-0.4, -0.2) is 54.9 Å². The number of thiophene rings is 1. The van der Waals surface area contributed by atoms with E-state index in [1.165, 1.54) is 19.4 Å². The van der Waals surface area contributed by atoms with Gasteiger partial charge in [0.2, 0.25) is 5.91 Å². The summed E-state index contributed by atoms with van der Waals surface area (Å²) in [4.78, 5) is 63.8. The molecule has 0 fully saturated rings. The molecule has 0 bridgehead atoms. The normalized spacial score (nSPS) is 10.2. The van der Waals surface area contributed by atoms with Crippen LogP contribution in [0, 0.1) is 6.92 Å². The summed E-state index contributed by atoms with van der Waals surface area (Å²) in [6, 6.07) is 0. The summed E-state index contributed by atoms with van der Waals surface area (Å²) >= 11 is 1.93. The van der Waals surface area contributed by atoms with Gasteiger partial charge in [0, 0.05) is 19.4 Å². The van der Waals surface area contributed by atoms with E-state index < -0.39 is 30.4 Å². The topological polar surface area (TPSA) is 153 Å². The third-order valence-electron chi connectivity index (χ3n) is 3.64. The Labute approximate surface area is 185 Å². The van der Waals surface area contributed by atoms with Gasteiger partial charge < -0.3 is 25.4 Å². The molecule has 2 rings (SSSR count). The first-order chi connectivity index (χ1) is 14.7. The molecule has 0 unspecified atom stereocenters. The summed E-state index contributed by atoms with van der Waals surface area (Å²) in [5.41, 5.74) is 0.357. The van der Waals surface area contributed by atoms with Crippen LogP contribution in [0.3, 0.4) is 0 Å². The van der Waals surface area contributed by atoms with Crippen LogP contribution in [0.4, 0.5) is 10.1 Å². The number of anilines is 2. The number of nitrogens with zero attached hydrogens (tertiary/aromatic N) is 1. The Morgan fingerprint density at radius 1 is 1.10 bits per heavy atom. The minimum Gasteiger partial charge on any atom is -0.462 e. The number of carbonyl (C=O) groups excluding carboxylic acids is 5. The van der Waals surface area contributed by atoms with Gasteiger partial charge in [0.1, 0.15) is 5.00 Å². The second-order valence-electron chi connectivity index (χ2n) is 5.90. The molecule has 0 aliphatic heterocycles. The first-order valence-corrected chi connectivity index (χ1v) is 10.6. The number of thiazole rings is 1. The average molecular weight is 469 g/mol. The monoisotopic (exact) mass is 468 g/mol. The highest BCUT2D eigenvalue weighted by Gasteiger charge is 2.26. The van der Waals surface area contributed by atoms with Crippen molar-refractivity contribution in [1.82, 2.24) is 10.3 Å². The minimum atomic E-state index is -0.859. The number of carbonyl (C=O) groups is 5. The Morgan fingerprint density at radius 2 is 1.81 bits per heavy atom. The van der Waals surface area contributed by atoms with E-state index in [9.17, 15) is 24.0 Å². The summed E-state index contributed by atoms with van der Waals surface area (Å²) < 4.78 is 9.93. The third kappa shape index (κ3) is 6.08. The molecule has 0 saturated carbocycles. The van der Waals surface area contributed by atoms with E-state index in [0.717, 1.165) is 22.7 Å². The highest BCUT2D eigenvalue weighted by atomic mass is 32.1. The van der Waals surface area contributed by atoms with E-state index in [4.69, 9.17) is 9.47 Å². The molecule has 0 radical (unpaired) electrons. The van der Waals surface area contributed by atoms with Crippen LogP contribution in [0.15, 0.2) is 5.38 Å². The van der Waals surface area contributed by atoms with E-state index in [1.54, 1.807) is 13.8 Å². The molecule has 11 nitrogen and oxygen atoms in total. The molecule has 166 valence electrons. The summed E-state index contributed by atoms with van der Waals surface area (Å²) in [6.07, 6.45) is 0. The lowest BCUT2D eigenvalue weighted by molar-refractivity contribution is -0.119. The lowest BCUT2D eigenvalue weighted by Gasteiger charge is -2.07. The van der Waals surface area contributed by atoms with Gasteiger partial charge in [0.15, 0.2) is 17.4 Å². The molecule has 13 heteroatoms. The molecular formula is C18H20N4O7S2. The van der Waals surface area contributed by atoms with Crippen molar-refractivity contribution in [2.75, 3.05) is 30.9 Å². The van der Waals surface area contributed by atoms with Gasteiger partial charge in [-0.2, -0.15) is 0 Å². The molecule has 0 aromatic carbocycles. The van der Waals surface area contributed by atoms with Crippen LogP contribution in [0.5, 0.6) is 0 Å². The largest absolute Gasteiger partial charge is 0.462 e. The van der Waals surface area contributed by atoms with E-state index in [2.05, 4.69) is 20.9 Å². The highest BCUT2D eigenvalue weighted by molar-refractivity contribution is 7.18.